The summed E-state index contributed by atoms with van der Waals surface area (Å²) in [5.41, 5.74) is -0.448. The third-order valence-electron chi connectivity index (χ3n) is 1.65. The van der Waals surface area contributed by atoms with Gasteiger partial charge in [0.15, 0.2) is 11.5 Å². The van der Waals surface area contributed by atoms with Crippen LogP contribution in [0.3, 0.4) is 0 Å². The lowest BCUT2D eigenvalue weighted by molar-refractivity contribution is -0.0373. The molecule has 0 unspecified atom stereocenters. The Hall–Kier alpha value is -1.83. The van der Waals surface area contributed by atoms with E-state index in [0.717, 1.165) is 6.20 Å². The van der Waals surface area contributed by atoms with Crippen LogP contribution in [-0.4, -0.2) is 45.2 Å². The summed E-state index contributed by atoms with van der Waals surface area (Å²) in [7, 11) is 0. The molecule has 0 aliphatic heterocycles. The Kier molecular flexibility index (Phi) is 3.67. The van der Waals surface area contributed by atoms with Gasteiger partial charge in [-0.15, -0.1) is 0 Å². The van der Waals surface area contributed by atoms with Crippen LogP contribution in [0.25, 0.3) is 0 Å². The number of hydrogen-bond acceptors (Lipinski definition) is 5. The molecule has 8 heteroatoms. The summed E-state index contributed by atoms with van der Waals surface area (Å²) in [5, 5.41) is 19.1. The summed E-state index contributed by atoms with van der Waals surface area (Å²) in [6, 6.07) is 0. The molecule has 1 rings (SSSR count). The summed E-state index contributed by atoms with van der Waals surface area (Å²) in [5.74, 6) is -4.97. The van der Waals surface area contributed by atoms with Gasteiger partial charge in [0.05, 0.1) is 6.54 Å². The number of nitrogens with zero attached hydrogens (tertiary/aromatic N) is 2. The number of aliphatic hydroxyl groups is 1. The molecule has 1 heterocycles. The second-order valence-electron chi connectivity index (χ2n) is 2.93. The van der Waals surface area contributed by atoms with Crippen LogP contribution in [-0.2, 0) is 0 Å². The number of aromatic carboxylic acids is 1. The number of alkyl halides is 2. The van der Waals surface area contributed by atoms with E-state index >= 15 is 0 Å². The third kappa shape index (κ3) is 3.09. The molecule has 0 saturated heterocycles. The number of rotatable bonds is 5. The number of hydrogen-bond donors (Lipinski definition) is 3. The summed E-state index contributed by atoms with van der Waals surface area (Å²) in [6.07, 6.45) is 2.31. The highest BCUT2D eigenvalue weighted by Crippen LogP contribution is 2.14. The van der Waals surface area contributed by atoms with Crippen molar-refractivity contribution in [2.45, 2.75) is 5.92 Å². The molecule has 0 aliphatic carbocycles. The molecule has 0 bridgehead atoms. The van der Waals surface area contributed by atoms with E-state index in [-0.39, 0.29) is 5.82 Å². The van der Waals surface area contributed by atoms with Gasteiger partial charge in [-0.3, -0.25) is 0 Å². The van der Waals surface area contributed by atoms with Crippen molar-refractivity contribution < 1.29 is 23.8 Å². The lowest BCUT2D eigenvalue weighted by Gasteiger charge is -2.14. The van der Waals surface area contributed by atoms with E-state index < -0.39 is 30.7 Å². The Morgan fingerprint density at radius 1 is 1.44 bits per heavy atom. The van der Waals surface area contributed by atoms with Crippen LogP contribution in [0.5, 0.6) is 0 Å². The maximum atomic E-state index is 12.7. The molecule has 0 saturated carbocycles. The van der Waals surface area contributed by atoms with Gasteiger partial charge in [0.1, 0.15) is 6.61 Å². The van der Waals surface area contributed by atoms with Gasteiger partial charge in [-0.2, -0.15) is 0 Å². The molecule has 1 aromatic rings. The van der Waals surface area contributed by atoms with E-state index in [1.807, 2.05) is 0 Å². The molecule has 0 fully saturated rings. The van der Waals surface area contributed by atoms with Crippen molar-refractivity contribution in [3.8, 4) is 0 Å². The first-order valence-corrected chi connectivity index (χ1v) is 4.23. The predicted molar refractivity (Wildman–Crippen MR) is 49.5 cm³/mol. The summed E-state index contributed by atoms with van der Waals surface area (Å²) >= 11 is 0. The monoisotopic (exact) mass is 233 g/mol. The van der Waals surface area contributed by atoms with Crippen LogP contribution in [0.1, 0.15) is 10.5 Å². The van der Waals surface area contributed by atoms with Crippen molar-refractivity contribution in [1.82, 2.24) is 9.97 Å². The van der Waals surface area contributed by atoms with Crippen molar-refractivity contribution in [3.63, 3.8) is 0 Å². The van der Waals surface area contributed by atoms with Crippen LogP contribution in [0.4, 0.5) is 14.6 Å². The van der Waals surface area contributed by atoms with E-state index in [2.05, 4.69) is 15.3 Å². The van der Waals surface area contributed by atoms with Gasteiger partial charge in [0, 0.05) is 12.4 Å². The highest BCUT2D eigenvalue weighted by molar-refractivity contribution is 5.90. The van der Waals surface area contributed by atoms with Crippen LogP contribution in [0, 0.1) is 0 Å². The minimum absolute atomic E-state index is 0.261. The summed E-state index contributed by atoms with van der Waals surface area (Å²) < 4.78 is 25.3. The highest BCUT2D eigenvalue weighted by Gasteiger charge is 2.28. The second kappa shape index (κ2) is 4.79. The minimum atomic E-state index is -3.34. The van der Waals surface area contributed by atoms with Crippen LogP contribution < -0.4 is 5.32 Å². The molecule has 0 atom stereocenters. The van der Waals surface area contributed by atoms with Gasteiger partial charge in [-0.25, -0.2) is 23.5 Å². The maximum Gasteiger partial charge on any atom is 0.358 e. The molecule has 3 N–H and O–H groups in total. The Morgan fingerprint density at radius 3 is 2.62 bits per heavy atom. The van der Waals surface area contributed by atoms with Gasteiger partial charge >= 0.3 is 5.97 Å². The van der Waals surface area contributed by atoms with Gasteiger partial charge < -0.3 is 15.5 Å². The first-order chi connectivity index (χ1) is 7.46. The van der Waals surface area contributed by atoms with Crippen LogP contribution in [0.15, 0.2) is 12.4 Å². The molecule has 0 aromatic carbocycles. The van der Waals surface area contributed by atoms with Crippen molar-refractivity contribution in [2.75, 3.05) is 18.5 Å². The second-order valence-corrected chi connectivity index (χ2v) is 2.93. The number of nitrogens with one attached hydrogen (secondary N) is 1. The van der Waals surface area contributed by atoms with Gasteiger partial charge in [-0.05, 0) is 0 Å². The van der Waals surface area contributed by atoms with Gasteiger partial charge in [0.25, 0.3) is 5.92 Å². The fourth-order valence-electron chi connectivity index (χ4n) is 0.893. The minimum Gasteiger partial charge on any atom is -0.476 e. The molecule has 0 spiro atoms. The first kappa shape index (κ1) is 12.2. The number of carboxylic acid groups (broad SMARTS) is 1. The molecule has 0 amide bonds. The quantitative estimate of drug-likeness (QED) is 0.673. The zero-order valence-corrected chi connectivity index (χ0v) is 8.02. The van der Waals surface area contributed by atoms with E-state index in [1.54, 1.807) is 0 Å². The molecular formula is C8H9F2N3O3. The number of carbonyl (C=O) groups is 1. The molecule has 16 heavy (non-hydrogen) atoms. The zero-order valence-electron chi connectivity index (χ0n) is 8.02. The Balaban J connectivity index is 2.78. The lowest BCUT2D eigenvalue weighted by Crippen LogP contribution is -2.31. The molecule has 88 valence electrons. The normalized spacial score (nSPS) is 11.2. The Labute approximate surface area is 89.0 Å². The summed E-state index contributed by atoms with van der Waals surface area (Å²) in [4.78, 5) is 17.7. The number of halogens is 2. The van der Waals surface area contributed by atoms with E-state index in [4.69, 9.17) is 10.2 Å². The van der Waals surface area contributed by atoms with E-state index in [0.29, 0.717) is 0 Å². The SMILES string of the molecule is O=C(O)c1nccnc1NCC(F)(F)CO. The number of aromatic nitrogens is 2. The Bertz CT molecular complexity index is 387. The predicted octanol–water partition coefficient (Wildman–Crippen LogP) is 0.214. The number of aliphatic hydroxyl groups excluding tert-OH is 1. The van der Waals surface area contributed by atoms with Gasteiger partial charge in [0.2, 0.25) is 0 Å². The third-order valence-corrected chi connectivity index (χ3v) is 1.65. The average Bonchev–Trinajstić information content (AvgIpc) is 2.27. The van der Waals surface area contributed by atoms with Crippen LogP contribution >= 0.6 is 0 Å². The average molecular weight is 233 g/mol. The molecule has 0 aliphatic rings. The number of carboxylic acids is 1. The van der Waals surface area contributed by atoms with Crippen molar-refractivity contribution in [3.05, 3.63) is 18.1 Å². The van der Waals surface area contributed by atoms with Crippen LogP contribution in [0.2, 0.25) is 0 Å². The fourth-order valence-corrected chi connectivity index (χ4v) is 0.893. The lowest BCUT2D eigenvalue weighted by atomic mass is 10.3. The standard InChI is InChI=1S/C8H9F2N3O3/c9-8(10,4-14)3-13-6-5(7(15)16)11-1-2-12-6/h1-2,14H,3-4H2,(H,12,13)(H,15,16). The molecule has 6 nitrogen and oxygen atoms in total. The smallest absolute Gasteiger partial charge is 0.358 e. The molecular weight excluding hydrogens is 224 g/mol. The van der Waals surface area contributed by atoms with E-state index in [1.165, 1.54) is 6.20 Å². The summed E-state index contributed by atoms with van der Waals surface area (Å²) in [6.45, 7) is -2.24. The number of anilines is 1. The van der Waals surface area contributed by atoms with Crippen molar-refractivity contribution >= 4 is 11.8 Å². The topological polar surface area (TPSA) is 95.3 Å². The first-order valence-electron chi connectivity index (χ1n) is 4.23. The Morgan fingerprint density at radius 2 is 2.06 bits per heavy atom. The van der Waals surface area contributed by atoms with Gasteiger partial charge in [-0.1, -0.05) is 0 Å². The molecule has 0 radical (unpaired) electrons. The van der Waals surface area contributed by atoms with Crippen molar-refractivity contribution in [1.29, 1.82) is 0 Å². The van der Waals surface area contributed by atoms with Crippen molar-refractivity contribution in [2.24, 2.45) is 0 Å². The maximum absolute atomic E-state index is 12.7. The largest absolute Gasteiger partial charge is 0.476 e. The molecule has 1 aromatic heterocycles. The van der Waals surface area contributed by atoms with E-state index in [9.17, 15) is 13.6 Å². The fraction of sp³-hybridized carbons (Fsp3) is 0.375. The highest BCUT2D eigenvalue weighted by atomic mass is 19.3. The zero-order chi connectivity index (χ0) is 12.2.